The molecule has 2 heterocycles. The van der Waals surface area contributed by atoms with Crippen molar-refractivity contribution in [2.45, 2.75) is 50.9 Å². The fourth-order valence-corrected chi connectivity index (χ4v) is 4.24. The van der Waals surface area contributed by atoms with Gasteiger partial charge in [0.05, 0.1) is 26.7 Å². The Morgan fingerprint density at radius 2 is 1.83 bits per heavy atom. The van der Waals surface area contributed by atoms with Crippen LogP contribution in [-0.4, -0.2) is 31.4 Å². The number of hydrogen-bond acceptors (Lipinski definition) is 4. The lowest BCUT2D eigenvalue weighted by Crippen LogP contribution is -2.21. The number of rotatable bonds is 5. The lowest BCUT2D eigenvalue weighted by molar-refractivity contribution is -0.137. The van der Waals surface area contributed by atoms with Crippen LogP contribution in [0.15, 0.2) is 0 Å². The summed E-state index contributed by atoms with van der Waals surface area (Å²) in [4.78, 5) is 11.5. The fraction of sp³-hybridized carbons (Fsp3) is 0.632. The number of carboxylic acids is 1. The summed E-state index contributed by atoms with van der Waals surface area (Å²) < 4.78 is 17.7. The number of aliphatic carboxylic acids is 1. The van der Waals surface area contributed by atoms with Gasteiger partial charge in [0.15, 0.2) is 11.5 Å². The maximum Gasteiger partial charge on any atom is 0.303 e. The van der Waals surface area contributed by atoms with Gasteiger partial charge in [0.1, 0.15) is 5.75 Å². The molecule has 1 atom stereocenters. The van der Waals surface area contributed by atoms with E-state index in [1.54, 1.807) is 7.11 Å². The minimum absolute atomic E-state index is 0.0238. The van der Waals surface area contributed by atoms with Crippen molar-refractivity contribution in [1.82, 2.24) is 0 Å². The molecule has 1 aliphatic carbocycles. The highest BCUT2D eigenvalue weighted by atomic mass is 16.5. The van der Waals surface area contributed by atoms with Gasteiger partial charge < -0.3 is 19.3 Å². The molecule has 4 rings (SSSR count). The minimum atomic E-state index is -0.738. The Balaban J connectivity index is 1.92. The Morgan fingerprint density at radius 1 is 1.17 bits per heavy atom. The predicted octanol–water partition coefficient (Wildman–Crippen LogP) is 3.31. The van der Waals surface area contributed by atoms with Crippen molar-refractivity contribution in [3.63, 3.8) is 0 Å². The number of ether oxygens (including phenoxy) is 3. The summed E-state index contributed by atoms with van der Waals surface area (Å²) in [5.41, 5.74) is 3.29. The molecule has 130 valence electrons. The van der Waals surface area contributed by atoms with E-state index in [0.717, 1.165) is 72.5 Å². The molecular weight excluding hydrogens is 308 g/mol. The number of hydrogen-bond donors (Lipinski definition) is 1. The van der Waals surface area contributed by atoms with E-state index in [1.165, 1.54) is 0 Å². The lowest BCUT2D eigenvalue weighted by atomic mass is 9.81. The number of carboxylic acid groups (broad SMARTS) is 1. The Morgan fingerprint density at radius 3 is 2.46 bits per heavy atom. The number of fused-ring (bicyclic) bond motifs is 2. The molecule has 2 aliphatic heterocycles. The van der Waals surface area contributed by atoms with Crippen LogP contribution in [-0.2, 0) is 17.6 Å². The van der Waals surface area contributed by atoms with Crippen LogP contribution in [0.5, 0.6) is 17.2 Å². The largest absolute Gasteiger partial charge is 0.493 e. The maximum atomic E-state index is 11.5. The first-order valence-corrected chi connectivity index (χ1v) is 8.93. The molecule has 5 nitrogen and oxygen atoms in total. The van der Waals surface area contributed by atoms with Crippen LogP contribution < -0.4 is 14.2 Å². The van der Waals surface area contributed by atoms with Crippen LogP contribution >= 0.6 is 0 Å². The van der Waals surface area contributed by atoms with E-state index >= 15 is 0 Å². The molecule has 1 fully saturated rings. The van der Waals surface area contributed by atoms with Gasteiger partial charge in [-0.25, -0.2) is 0 Å². The highest BCUT2D eigenvalue weighted by molar-refractivity contribution is 5.71. The molecule has 1 N–H and O–H groups in total. The molecule has 0 aromatic heterocycles. The predicted molar refractivity (Wildman–Crippen MR) is 88.3 cm³/mol. The van der Waals surface area contributed by atoms with Crippen LogP contribution in [0.3, 0.4) is 0 Å². The Bertz CT molecular complexity index is 625. The zero-order chi connectivity index (χ0) is 16.7. The third kappa shape index (κ3) is 2.60. The molecule has 0 amide bonds. The molecule has 5 heteroatoms. The average Bonchev–Trinajstić information content (AvgIpc) is 3.42. The van der Waals surface area contributed by atoms with Crippen LogP contribution in [0.4, 0.5) is 0 Å². The van der Waals surface area contributed by atoms with E-state index in [4.69, 9.17) is 14.2 Å². The second kappa shape index (κ2) is 6.19. The zero-order valence-corrected chi connectivity index (χ0v) is 14.1. The van der Waals surface area contributed by atoms with Gasteiger partial charge in [-0.15, -0.1) is 0 Å². The second-order valence-electron chi connectivity index (χ2n) is 7.01. The summed E-state index contributed by atoms with van der Waals surface area (Å²) in [5.74, 6) is 2.26. The first-order valence-electron chi connectivity index (χ1n) is 8.93. The van der Waals surface area contributed by atoms with Crippen LogP contribution in [0.2, 0.25) is 0 Å². The topological polar surface area (TPSA) is 65.0 Å². The molecule has 0 saturated heterocycles. The van der Waals surface area contributed by atoms with E-state index in [0.29, 0.717) is 19.1 Å². The molecule has 3 aliphatic rings. The molecule has 0 bridgehead atoms. The highest BCUT2D eigenvalue weighted by Gasteiger charge is 2.40. The first kappa shape index (κ1) is 15.6. The van der Waals surface area contributed by atoms with Gasteiger partial charge in [0.2, 0.25) is 0 Å². The average molecular weight is 332 g/mol. The van der Waals surface area contributed by atoms with Gasteiger partial charge >= 0.3 is 5.97 Å². The van der Waals surface area contributed by atoms with Gasteiger partial charge in [0.25, 0.3) is 0 Å². The summed E-state index contributed by atoms with van der Waals surface area (Å²) in [7, 11) is 1.68. The Hall–Kier alpha value is -1.91. The summed E-state index contributed by atoms with van der Waals surface area (Å²) >= 11 is 0. The molecule has 24 heavy (non-hydrogen) atoms. The highest BCUT2D eigenvalue weighted by Crippen LogP contribution is 2.55. The Kier molecular flexibility index (Phi) is 4.02. The number of carbonyl (C=O) groups is 1. The van der Waals surface area contributed by atoms with E-state index < -0.39 is 5.97 Å². The summed E-state index contributed by atoms with van der Waals surface area (Å²) in [5, 5.41) is 9.43. The molecule has 1 saturated carbocycles. The van der Waals surface area contributed by atoms with E-state index in [9.17, 15) is 9.90 Å². The standard InChI is InChI=1S/C19H24O5/c1-22-18-13-5-3-8-23-17(13)16(12-4-2-9-24-19(12)18)14(10-15(20)21)11-6-7-11/h11,14H,2-10H2,1H3,(H,20,21). The van der Waals surface area contributed by atoms with Crippen molar-refractivity contribution in [2.75, 3.05) is 20.3 Å². The van der Waals surface area contributed by atoms with Gasteiger partial charge in [-0.1, -0.05) is 0 Å². The summed E-state index contributed by atoms with van der Waals surface area (Å²) in [6.07, 6.45) is 6.08. The number of methoxy groups -OCH3 is 1. The SMILES string of the molecule is COc1c2c(c(C(CC(=O)O)C3CC3)c3c1OCCC3)OCCC2. The Labute approximate surface area is 141 Å². The van der Waals surface area contributed by atoms with Crippen LogP contribution in [0.1, 0.15) is 54.7 Å². The van der Waals surface area contributed by atoms with E-state index in [-0.39, 0.29) is 12.3 Å². The van der Waals surface area contributed by atoms with Gasteiger partial charge in [-0.3, -0.25) is 4.79 Å². The second-order valence-corrected chi connectivity index (χ2v) is 7.01. The van der Waals surface area contributed by atoms with E-state index in [2.05, 4.69) is 0 Å². The fourth-order valence-electron chi connectivity index (χ4n) is 4.24. The van der Waals surface area contributed by atoms with Crippen LogP contribution in [0.25, 0.3) is 0 Å². The quantitative estimate of drug-likeness (QED) is 0.896. The van der Waals surface area contributed by atoms with Crippen molar-refractivity contribution < 1.29 is 24.1 Å². The number of benzene rings is 1. The maximum absolute atomic E-state index is 11.5. The van der Waals surface area contributed by atoms with Crippen molar-refractivity contribution in [3.05, 3.63) is 16.7 Å². The third-order valence-electron chi connectivity index (χ3n) is 5.39. The van der Waals surface area contributed by atoms with Gasteiger partial charge in [0, 0.05) is 22.6 Å². The van der Waals surface area contributed by atoms with Crippen molar-refractivity contribution in [3.8, 4) is 17.2 Å². The third-order valence-corrected chi connectivity index (χ3v) is 5.39. The lowest BCUT2D eigenvalue weighted by Gasteiger charge is -2.32. The molecule has 1 aromatic rings. The molecule has 1 aromatic carbocycles. The van der Waals surface area contributed by atoms with E-state index in [1.807, 2.05) is 0 Å². The van der Waals surface area contributed by atoms with Crippen LogP contribution in [0, 0.1) is 5.92 Å². The normalized spacial score (nSPS) is 20.2. The summed E-state index contributed by atoms with van der Waals surface area (Å²) in [6.45, 7) is 1.38. The van der Waals surface area contributed by atoms with Crippen molar-refractivity contribution in [1.29, 1.82) is 0 Å². The van der Waals surface area contributed by atoms with Crippen molar-refractivity contribution >= 4 is 5.97 Å². The van der Waals surface area contributed by atoms with Crippen molar-refractivity contribution in [2.24, 2.45) is 5.92 Å². The smallest absolute Gasteiger partial charge is 0.303 e. The summed E-state index contributed by atoms with van der Waals surface area (Å²) in [6, 6.07) is 0. The van der Waals surface area contributed by atoms with Gasteiger partial charge in [-0.2, -0.15) is 0 Å². The minimum Gasteiger partial charge on any atom is -0.493 e. The molecular formula is C19H24O5. The molecule has 1 unspecified atom stereocenters. The van der Waals surface area contributed by atoms with Gasteiger partial charge in [-0.05, 0) is 44.4 Å². The molecule has 0 radical (unpaired) electrons. The molecule has 0 spiro atoms. The first-order chi connectivity index (χ1) is 11.7. The zero-order valence-electron chi connectivity index (χ0n) is 14.1. The monoisotopic (exact) mass is 332 g/mol.